The van der Waals surface area contributed by atoms with Crippen molar-refractivity contribution in [3.8, 4) is 0 Å². The number of hydrogen-bond donors (Lipinski definition) is 2. The summed E-state index contributed by atoms with van der Waals surface area (Å²) in [7, 11) is 0. The Labute approximate surface area is 197 Å². The van der Waals surface area contributed by atoms with Gasteiger partial charge < -0.3 is 20.1 Å². The smallest absolute Gasteiger partial charge is 0.274 e. The largest absolute Gasteiger partial charge is 0.351 e. The molecule has 8 nitrogen and oxygen atoms in total. The van der Waals surface area contributed by atoms with E-state index in [2.05, 4.69) is 15.6 Å². The number of halogens is 1. The summed E-state index contributed by atoms with van der Waals surface area (Å²) in [5.74, 6) is -0.856. The molecule has 174 valence electrons. The topological polar surface area (TPSA) is 96.3 Å². The predicted octanol–water partition coefficient (Wildman–Crippen LogP) is 2.90. The summed E-state index contributed by atoms with van der Waals surface area (Å²) >= 11 is 6.02. The third-order valence-corrected chi connectivity index (χ3v) is 7.15. The monoisotopic (exact) mass is 469 g/mol. The Hall–Kier alpha value is -2.87. The van der Waals surface area contributed by atoms with Gasteiger partial charge in [-0.2, -0.15) is 0 Å². The summed E-state index contributed by atoms with van der Waals surface area (Å²) in [6.07, 6.45) is 7.41. The standard InChI is InChI=1S/C24H28ClN5O3/c1-24(23(33)28-17-7-2-3-8-17)13-29-14-27-19(20(29)22(32)30(24)18-9-10-18)21(31)26-12-15-5-4-6-16(25)11-15/h4-6,11,14,17-18H,2-3,7-10,12-13H2,1H3,(H,26,31)(H,28,33)/t24-/m0/s1. The van der Waals surface area contributed by atoms with Crippen molar-refractivity contribution in [2.45, 2.75) is 76.2 Å². The van der Waals surface area contributed by atoms with Crippen molar-refractivity contribution in [3.63, 3.8) is 0 Å². The molecule has 1 aromatic heterocycles. The Kier molecular flexibility index (Phi) is 5.64. The first kappa shape index (κ1) is 21.9. The number of carbonyl (C=O) groups excluding carboxylic acids is 3. The maximum Gasteiger partial charge on any atom is 0.274 e. The van der Waals surface area contributed by atoms with Gasteiger partial charge in [0.15, 0.2) is 5.69 Å². The Bertz CT molecular complexity index is 1110. The van der Waals surface area contributed by atoms with Gasteiger partial charge in [0.25, 0.3) is 11.8 Å². The van der Waals surface area contributed by atoms with E-state index < -0.39 is 11.4 Å². The number of benzene rings is 1. The summed E-state index contributed by atoms with van der Waals surface area (Å²) in [5.41, 5.74) is 0.178. The SMILES string of the molecule is C[C@@]1(C(=O)NC2CCCC2)Cn2cnc(C(=O)NCc3cccc(Cl)c3)c2C(=O)N1C1CC1. The minimum Gasteiger partial charge on any atom is -0.351 e. The van der Waals surface area contributed by atoms with Crippen LogP contribution < -0.4 is 10.6 Å². The number of rotatable bonds is 6. The molecule has 2 N–H and O–H groups in total. The summed E-state index contributed by atoms with van der Waals surface area (Å²) in [5, 5.41) is 6.59. The van der Waals surface area contributed by atoms with Crippen LogP contribution in [0.2, 0.25) is 5.02 Å². The molecule has 2 fully saturated rings. The third-order valence-electron chi connectivity index (χ3n) is 6.92. The highest BCUT2D eigenvalue weighted by molar-refractivity contribution is 6.30. The lowest BCUT2D eigenvalue weighted by atomic mass is 9.93. The van der Waals surface area contributed by atoms with E-state index in [4.69, 9.17) is 11.6 Å². The molecule has 2 aliphatic carbocycles. The molecule has 5 rings (SSSR count). The first-order valence-electron chi connectivity index (χ1n) is 11.6. The normalized spacial score (nSPS) is 22.8. The van der Waals surface area contributed by atoms with E-state index in [1.165, 1.54) is 6.33 Å². The Morgan fingerprint density at radius 1 is 1.21 bits per heavy atom. The van der Waals surface area contributed by atoms with Gasteiger partial charge in [-0.05, 0) is 50.3 Å². The van der Waals surface area contributed by atoms with Crippen LogP contribution in [0.1, 0.15) is 72.0 Å². The van der Waals surface area contributed by atoms with E-state index in [1.807, 2.05) is 19.1 Å². The highest BCUT2D eigenvalue weighted by Gasteiger charge is 2.54. The van der Waals surface area contributed by atoms with Crippen LogP contribution in [-0.4, -0.2) is 49.8 Å². The Morgan fingerprint density at radius 3 is 2.67 bits per heavy atom. The number of nitrogens with one attached hydrogen (secondary N) is 2. The molecule has 0 bridgehead atoms. The van der Waals surface area contributed by atoms with E-state index in [0.717, 1.165) is 44.1 Å². The number of hydrogen-bond acceptors (Lipinski definition) is 4. The highest BCUT2D eigenvalue weighted by atomic mass is 35.5. The summed E-state index contributed by atoms with van der Waals surface area (Å²) < 4.78 is 1.66. The van der Waals surface area contributed by atoms with Gasteiger partial charge in [-0.15, -0.1) is 0 Å². The average molecular weight is 470 g/mol. The fraction of sp³-hybridized carbons (Fsp3) is 0.500. The predicted molar refractivity (Wildman–Crippen MR) is 123 cm³/mol. The maximum absolute atomic E-state index is 13.6. The van der Waals surface area contributed by atoms with Crippen molar-refractivity contribution in [2.75, 3.05) is 0 Å². The number of nitrogens with zero attached hydrogens (tertiary/aromatic N) is 3. The van der Waals surface area contributed by atoms with Crippen LogP contribution in [0.25, 0.3) is 0 Å². The molecule has 3 aliphatic rings. The van der Waals surface area contributed by atoms with Crippen LogP contribution in [0.15, 0.2) is 30.6 Å². The van der Waals surface area contributed by atoms with Gasteiger partial charge in [0.1, 0.15) is 11.2 Å². The fourth-order valence-corrected chi connectivity index (χ4v) is 5.26. The second kappa shape index (κ2) is 8.48. The van der Waals surface area contributed by atoms with Gasteiger partial charge in [0, 0.05) is 23.7 Å². The molecule has 0 radical (unpaired) electrons. The first-order chi connectivity index (χ1) is 15.9. The van der Waals surface area contributed by atoms with Gasteiger partial charge in [-0.25, -0.2) is 4.98 Å². The van der Waals surface area contributed by atoms with Gasteiger partial charge in [-0.1, -0.05) is 36.6 Å². The molecule has 2 saturated carbocycles. The van der Waals surface area contributed by atoms with Crippen LogP contribution in [0.5, 0.6) is 0 Å². The summed E-state index contributed by atoms with van der Waals surface area (Å²) in [6, 6.07) is 7.41. The van der Waals surface area contributed by atoms with Crippen molar-refractivity contribution in [3.05, 3.63) is 52.6 Å². The average Bonchev–Trinajstić information content (AvgIpc) is 3.29. The molecule has 0 spiro atoms. The number of amides is 3. The maximum atomic E-state index is 13.6. The van der Waals surface area contributed by atoms with E-state index in [0.29, 0.717) is 5.02 Å². The second-order valence-corrected chi connectivity index (χ2v) is 9.95. The van der Waals surface area contributed by atoms with Crippen LogP contribution in [0, 0.1) is 0 Å². The molecule has 1 aliphatic heterocycles. The zero-order valence-corrected chi connectivity index (χ0v) is 19.4. The molecular weight excluding hydrogens is 442 g/mol. The lowest BCUT2D eigenvalue weighted by Crippen LogP contribution is -2.65. The Morgan fingerprint density at radius 2 is 1.97 bits per heavy atom. The molecule has 3 amide bonds. The second-order valence-electron chi connectivity index (χ2n) is 9.52. The molecule has 1 aromatic carbocycles. The Balaban J connectivity index is 1.38. The van der Waals surface area contributed by atoms with Crippen molar-refractivity contribution in [1.82, 2.24) is 25.1 Å². The number of carbonyl (C=O) groups is 3. The lowest BCUT2D eigenvalue weighted by Gasteiger charge is -2.44. The minimum atomic E-state index is -1.01. The molecular formula is C24H28ClN5O3. The van der Waals surface area contributed by atoms with E-state index in [-0.39, 0.29) is 48.4 Å². The van der Waals surface area contributed by atoms with Gasteiger partial charge in [0.2, 0.25) is 5.91 Å². The fourth-order valence-electron chi connectivity index (χ4n) is 5.05. The zero-order chi connectivity index (χ0) is 23.2. The van der Waals surface area contributed by atoms with Crippen LogP contribution in [0.4, 0.5) is 0 Å². The quantitative estimate of drug-likeness (QED) is 0.679. The van der Waals surface area contributed by atoms with E-state index >= 15 is 0 Å². The van der Waals surface area contributed by atoms with Crippen molar-refractivity contribution in [1.29, 1.82) is 0 Å². The first-order valence-corrected chi connectivity index (χ1v) is 12.0. The molecule has 33 heavy (non-hydrogen) atoms. The van der Waals surface area contributed by atoms with Gasteiger partial charge in [-0.3, -0.25) is 14.4 Å². The van der Waals surface area contributed by atoms with Gasteiger partial charge in [0.05, 0.1) is 12.9 Å². The third kappa shape index (κ3) is 4.12. The zero-order valence-electron chi connectivity index (χ0n) is 18.6. The molecule has 2 heterocycles. The van der Waals surface area contributed by atoms with E-state index in [1.54, 1.807) is 21.6 Å². The number of aromatic nitrogens is 2. The number of fused-ring (bicyclic) bond motifs is 1. The summed E-state index contributed by atoms with van der Waals surface area (Å²) in [6.45, 7) is 2.38. The van der Waals surface area contributed by atoms with Crippen LogP contribution in [0.3, 0.4) is 0 Å². The lowest BCUT2D eigenvalue weighted by molar-refractivity contribution is -0.134. The molecule has 0 saturated heterocycles. The van der Waals surface area contributed by atoms with Crippen LogP contribution in [-0.2, 0) is 17.9 Å². The molecule has 9 heteroatoms. The van der Waals surface area contributed by atoms with Crippen molar-refractivity contribution < 1.29 is 14.4 Å². The molecule has 2 aromatic rings. The van der Waals surface area contributed by atoms with Crippen molar-refractivity contribution >= 4 is 29.3 Å². The van der Waals surface area contributed by atoms with E-state index in [9.17, 15) is 14.4 Å². The number of imidazole rings is 1. The minimum absolute atomic E-state index is 0.0165. The van der Waals surface area contributed by atoms with Crippen LogP contribution >= 0.6 is 11.6 Å². The molecule has 0 unspecified atom stereocenters. The molecule has 1 atom stereocenters. The highest BCUT2D eigenvalue weighted by Crippen LogP contribution is 2.39. The summed E-state index contributed by atoms with van der Waals surface area (Å²) in [4.78, 5) is 45.9. The van der Waals surface area contributed by atoms with Gasteiger partial charge >= 0.3 is 0 Å². The van der Waals surface area contributed by atoms with Crippen molar-refractivity contribution in [2.24, 2.45) is 0 Å².